The molecule has 2 heterocycles. The van der Waals surface area contributed by atoms with Gasteiger partial charge in [0, 0.05) is 25.1 Å². The molecule has 0 radical (unpaired) electrons. The molecule has 0 aliphatic carbocycles. The third-order valence-corrected chi connectivity index (χ3v) is 4.82. The van der Waals surface area contributed by atoms with Crippen LogP contribution in [0.3, 0.4) is 0 Å². The maximum Gasteiger partial charge on any atom is 0.339 e. The molecule has 25 heavy (non-hydrogen) atoms. The van der Waals surface area contributed by atoms with E-state index in [1.54, 1.807) is 0 Å². The molecule has 0 spiro atoms. The Morgan fingerprint density at radius 2 is 2.04 bits per heavy atom. The highest BCUT2D eigenvalue weighted by Gasteiger charge is 2.32. The van der Waals surface area contributed by atoms with E-state index >= 15 is 0 Å². The lowest BCUT2D eigenvalue weighted by molar-refractivity contribution is 0.0685. The standard InChI is InChI=1S/C20H23NO4/c1-2-17-16(20(23)24)13-18(25-17)19(22)21-12-6-9-15(21)11-10-14-7-4-3-5-8-14/h3-5,7-8,13,15H,2,6,9-12H2,1H3,(H,23,24). The van der Waals surface area contributed by atoms with Gasteiger partial charge < -0.3 is 14.4 Å². The first-order valence-electron chi connectivity index (χ1n) is 8.81. The number of carbonyl (C=O) groups excluding carboxylic acids is 1. The zero-order valence-electron chi connectivity index (χ0n) is 14.4. The topological polar surface area (TPSA) is 70.8 Å². The number of nitrogens with zero attached hydrogens (tertiary/aromatic N) is 1. The van der Waals surface area contributed by atoms with Crippen LogP contribution in [0.5, 0.6) is 0 Å². The van der Waals surface area contributed by atoms with Crippen molar-refractivity contribution in [3.05, 3.63) is 59.0 Å². The van der Waals surface area contributed by atoms with Crippen LogP contribution >= 0.6 is 0 Å². The third kappa shape index (κ3) is 3.76. The van der Waals surface area contributed by atoms with Crippen molar-refractivity contribution in [2.24, 2.45) is 0 Å². The summed E-state index contributed by atoms with van der Waals surface area (Å²) in [5, 5.41) is 9.23. The lowest BCUT2D eigenvalue weighted by Crippen LogP contribution is -2.35. The zero-order valence-corrected chi connectivity index (χ0v) is 14.4. The number of furan rings is 1. The molecule has 1 aromatic heterocycles. The average molecular weight is 341 g/mol. The van der Waals surface area contributed by atoms with E-state index in [9.17, 15) is 14.7 Å². The summed E-state index contributed by atoms with van der Waals surface area (Å²) in [6.45, 7) is 2.51. The van der Waals surface area contributed by atoms with Crippen LogP contribution in [0.4, 0.5) is 0 Å². The highest BCUT2D eigenvalue weighted by molar-refractivity contribution is 5.96. The molecule has 5 nitrogen and oxygen atoms in total. The van der Waals surface area contributed by atoms with Gasteiger partial charge in [-0.15, -0.1) is 0 Å². The Hall–Kier alpha value is -2.56. The molecule has 1 N–H and O–H groups in total. The van der Waals surface area contributed by atoms with E-state index in [4.69, 9.17) is 4.42 Å². The largest absolute Gasteiger partial charge is 0.478 e. The molecular formula is C20H23NO4. The molecule has 1 fully saturated rings. The Bertz CT molecular complexity index is 750. The monoisotopic (exact) mass is 341 g/mol. The van der Waals surface area contributed by atoms with Gasteiger partial charge in [-0.1, -0.05) is 37.3 Å². The summed E-state index contributed by atoms with van der Waals surface area (Å²) in [6.07, 6.45) is 4.23. The summed E-state index contributed by atoms with van der Waals surface area (Å²) < 4.78 is 5.54. The molecule has 0 saturated carbocycles. The van der Waals surface area contributed by atoms with E-state index in [0.717, 1.165) is 25.7 Å². The summed E-state index contributed by atoms with van der Waals surface area (Å²) >= 11 is 0. The predicted octanol–water partition coefficient (Wildman–Crippen LogP) is 3.78. The minimum absolute atomic E-state index is 0.0888. The van der Waals surface area contributed by atoms with Crippen molar-refractivity contribution in [3.8, 4) is 0 Å². The third-order valence-electron chi connectivity index (χ3n) is 4.82. The number of carbonyl (C=O) groups is 2. The minimum atomic E-state index is -1.05. The van der Waals surface area contributed by atoms with Gasteiger partial charge in [-0.3, -0.25) is 4.79 Å². The number of aryl methyl sites for hydroxylation is 2. The number of amides is 1. The fourth-order valence-electron chi connectivity index (χ4n) is 3.50. The number of hydrogen-bond donors (Lipinski definition) is 1. The molecule has 1 aliphatic heterocycles. The van der Waals surface area contributed by atoms with Crippen molar-refractivity contribution in [1.29, 1.82) is 0 Å². The Kier molecular flexibility index (Phi) is 5.22. The smallest absolute Gasteiger partial charge is 0.339 e. The molecule has 1 unspecified atom stereocenters. The molecule has 3 rings (SSSR count). The quantitative estimate of drug-likeness (QED) is 0.868. The molecule has 132 valence electrons. The highest BCUT2D eigenvalue weighted by Crippen LogP contribution is 2.26. The molecule has 1 aromatic carbocycles. The predicted molar refractivity (Wildman–Crippen MR) is 93.9 cm³/mol. The Balaban J connectivity index is 1.71. The summed E-state index contributed by atoms with van der Waals surface area (Å²) in [7, 11) is 0. The molecule has 2 aromatic rings. The first-order valence-corrected chi connectivity index (χ1v) is 8.81. The molecule has 1 amide bonds. The summed E-state index contributed by atoms with van der Waals surface area (Å²) in [5.74, 6) is -0.754. The first kappa shape index (κ1) is 17.3. The second-order valence-electron chi connectivity index (χ2n) is 6.43. The van der Waals surface area contributed by atoms with Gasteiger partial charge in [-0.05, 0) is 31.2 Å². The average Bonchev–Trinajstić information content (AvgIpc) is 3.27. The molecule has 1 atom stereocenters. The van der Waals surface area contributed by atoms with Gasteiger partial charge in [-0.2, -0.15) is 0 Å². The highest BCUT2D eigenvalue weighted by atomic mass is 16.4. The summed E-state index contributed by atoms with van der Waals surface area (Å²) in [5.41, 5.74) is 1.35. The van der Waals surface area contributed by atoms with Crippen LogP contribution in [-0.2, 0) is 12.8 Å². The second-order valence-corrected chi connectivity index (χ2v) is 6.43. The van der Waals surface area contributed by atoms with Crippen LogP contribution in [0.1, 0.15) is 58.4 Å². The molecule has 0 bridgehead atoms. The van der Waals surface area contributed by atoms with Gasteiger partial charge >= 0.3 is 5.97 Å². The van der Waals surface area contributed by atoms with Crippen molar-refractivity contribution in [2.45, 2.75) is 45.1 Å². The van der Waals surface area contributed by atoms with Crippen molar-refractivity contribution in [1.82, 2.24) is 4.90 Å². The SMILES string of the molecule is CCc1oc(C(=O)N2CCCC2CCc2ccccc2)cc1C(=O)O. The van der Waals surface area contributed by atoms with Crippen LogP contribution < -0.4 is 0 Å². The van der Waals surface area contributed by atoms with E-state index in [1.165, 1.54) is 11.6 Å². The minimum Gasteiger partial charge on any atom is -0.478 e. The fraction of sp³-hybridized carbons (Fsp3) is 0.400. The Morgan fingerprint density at radius 3 is 2.68 bits per heavy atom. The van der Waals surface area contributed by atoms with Crippen molar-refractivity contribution < 1.29 is 19.1 Å². The van der Waals surface area contributed by atoms with E-state index in [0.29, 0.717) is 18.7 Å². The molecule has 1 aliphatic rings. The summed E-state index contributed by atoms with van der Waals surface area (Å²) in [4.78, 5) is 25.9. The van der Waals surface area contributed by atoms with Gasteiger partial charge in [0.1, 0.15) is 11.3 Å². The Labute approximate surface area is 147 Å². The zero-order chi connectivity index (χ0) is 17.8. The molecular weight excluding hydrogens is 318 g/mol. The molecule has 5 heteroatoms. The Morgan fingerprint density at radius 1 is 1.28 bits per heavy atom. The van der Waals surface area contributed by atoms with Gasteiger partial charge in [0.15, 0.2) is 5.76 Å². The van der Waals surface area contributed by atoms with Gasteiger partial charge in [0.2, 0.25) is 0 Å². The van der Waals surface area contributed by atoms with Crippen LogP contribution in [-0.4, -0.2) is 34.5 Å². The number of rotatable bonds is 6. The van der Waals surface area contributed by atoms with Crippen molar-refractivity contribution in [3.63, 3.8) is 0 Å². The lowest BCUT2D eigenvalue weighted by Gasteiger charge is -2.23. The van der Waals surface area contributed by atoms with E-state index in [2.05, 4.69) is 12.1 Å². The van der Waals surface area contributed by atoms with Crippen LogP contribution in [0.25, 0.3) is 0 Å². The normalized spacial score (nSPS) is 17.0. The maximum absolute atomic E-state index is 12.8. The first-order chi connectivity index (χ1) is 12.1. The van der Waals surface area contributed by atoms with Crippen LogP contribution in [0.15, 0.2) is 40.8 Å². The molecule has 1 saturated heterocycles. The summed E-state index contributed by atoms with van der Waals surface area (Å²) in [6, 6.07) is 11.8. The van der Waals surface area contributed by atoms with Crippen LogP contribution in [0.2, 0.25) is 0 Å². The number of hydrogen-bond acceptors (Lipinski definition) is 3. The van der Waals surface area contributed by atoms with Crippen molar-refractivity contribution >= 4 is 11.9 Å². The number of aromatic carboxylic acids is 1. The van der Waals surface area contributed by atoms with Crippen LogP contribution in [0, 0.1) is 0 Å². The number of benzene rings is 1. The van der Waals surface area contributed by atoms with Gasteiger partial charge in [0.25, 0.3) is 5.91 Å². The van der Waals surface area contributed by atoms with E-state index in [1.807, 2.05) is 30.0 Å². The number of likely N-dealkylation sites (tertiary alicyclic amines) is 1. The lowest BCUT2D eigenvalue weighted by atomic mass is 10.0. The van der Waals surface area contributed by atoms with E-state index < -0.39 is 5.97 Å². The number of carboxylic acids is 1. The second kappa shape index (κ2) is 7.55. The van der Waals surface area contributed by atoms with Crippen molar-refractivity contribution in [2.75, 3.05) is 6.54 Å². The van der Waals surface area contributed by atoms with Gasteiger partial charge in [0.05, 0.1) is 0 Å². The maximum atomic E-state index is 12.8. The fourth-order valence-corrected chi connectivity index (χ4v) is 3.50. The van der Waals surface area contributed by atoms with Gasteiger partial charge in [-0.25, -0.2) is 4.79 Å². The van der Waals surface area contributed by atoms with E-state index in [-0.39, 0.29) is 23.3 Å². The number of carboxylic acid groups (broad SMARTS) is 1.